The third-order valence-corrected chi connectivity index (χ3v) is 5.16. The number of fused-ring (bicyclic) bond motifs is 1. The Morgan fingerprint density at radius 1 is 1.18 bits per heavy atom. The van der Waals surface area contributed by atoms with Crippen molar-refractivity contribution in [3.8, 4) is 11.4 Å². The number of rotatable bonds is 3. The predicted octanol–water partition coefficient (Wildman–Crippen LogP) is 3.57. The number of nitrogens with zero attached hydrogens (tertiary/aromatic N) is 3. The summed E-state index contributed by atoms with van der Waals surface area (Å²) in [4.78, 5) is 2.37. The third-order valence-electron chi connectivity index (χ3n) is 5.16. The second kappa shape index (κ2) is 5.34. The quantitative estimate of drug-likeness (QED) is 0.867. The highest BCUT2D eigenvalue weighted by Crippen LogP contribution is 2.41. The van der Waals surface area contributed by atoms with E-state index in [-0.39, 0.29) is 0 Å². The van der Waals surface area contributed by atoms with Gasteiger partial charge in [0.15, 0.2) is 5.75 Å². The van der Waals surface area contributed by atoms with E-state index in [0.717, 1.165) is 17.9 Å². The maximum Gasteiger partial charge on any atom is 0.150 e. The second-order valence-corrected chi connectivity index (χ2v) is 6.53. The van der Waals surface area contributed by atoms with E-state index in [4.69, 9.17) is 4.74 Å². The van der Waals surface area contributed by atoms with Gasteiger partial charge in [-0.2, -0.15) is 5.10 Å². The summed E-state index contributed by atoms with van der Waals surface area (Å²) in [5.41, 5.74) is 3.73. The van der Waals surface area contributed by atoms with Gasteiger partial charge in [0, 0.05) is 36.7 Å². The Hall–Kier alpha value is -1.97. The van der Waals surface area contributed by atoms with Gasteiger partial charge in [0.25, 0.3) is 0 Å². The first kappa shape index (κ1) is 13.7. The zero-order chi connectivity index (χ0) is 15.1. The molecule has 2 heterocycles. The fraction of sp³-hybridized carbons (Fsp3) is 0.500. The Kier molecular flexibility index (Phi) is 3.32. The van der Waals surface area contributed by atoms with Crippen molar-refractivity contribution in [2.24, 2.45) is 0 Å². The van der Waals surface area contributed by atoms with Gasteiger partial charge in [-0.05, 0) is 57.2 Å². The summed E-state index contributed by atoms with van der Waals surface area (Å²) < 4.78 is 8.32. The molecule has 116 valence electrons. The monoisotopic (exact) mass is 297 g/mol. The van der Waals surface area contributed by atoms with E-state index in [1.54, 1.807) is 0 Å². The van der Waals surface area contributed by atoms with Crippen LogP contribution in [0.25, 0.3) is 5.69 Å². The summed E-state index contributed by atoms with van der Waals surface area (Å²) in [5.74, 6) is 1.05. The molecule has 1 atom stereocenters. The van der Waals surface area contributed by atoms with Gasteiger partial charge in [-0.3, -0.25) is 0 Å². The molecule has 1 saturated carbocycles. The van der Waals surface area contributed by atoms with Crippen LogP contribution in [0, 0.1) is 0 Å². The van der Waals surface area contributed by atoms with Gasteiger partial charge in [0.05, 0.1) is 6.10 Å². The highest BCUT2D eigenvalue weighted by molar-refractivity contribution is 5.67. The topological polar surface area (TPSA) is 30.3 Å². The molecule has 0 radical (unpaired) electrons. The highest BCUT2D eigenvalue weighted by Gasteiger charge is 2.28. The van der Waals surface area contributed by atoms with Gasteiger partial charge < -0.3 is 9.64 Å². The van der Waals surface area contributed by atoms with Crippen LogP contribution in [-0.2, 0) is 6.42 Å². The van der Waals surface area contributed by atoms with Crippen molar-refractivity contribution in [3.05, 3.63) is 36.2 Å². The first-order valence-electron chi connectivity index (χ1n) is 8.29. The highest BCUT2D eigenvalue weighted by atomic mass is 16.5. The van der Waals surface area contributed by atoms with Crippen molar-refractivity contribution >= 4 is 5.69 Å². The molecule has 4 nitrogen and oxygen atoms in total. The Bertz CT molecular complexity index is 661. The molecular formula is C18H23N3O. The number of ether oxygens (including phenoxy) is 1. The van der Waals surface area contributed by atoms with Crippen LogP contribution in [0.5, 0.6) is 5.75 Å². The standard InChI is InChI=1S/C18H23N3O/c1-13-7-8-15-16(20(13)2)9-10-17(21-12-4-11-19-21)18(15)22-14-5-3-6-14/h4,9-14H,3,5-8H2,1-2H3. The lowest BCUT2D eigenvalue weighted by molar-refractivity contribution is 0.118. The van der Waals surface area contributed by atoms with Crippen LogP contribution in [0.4, 0.5) is 5.69 Å². The Morgan fingerprint density at radius 3 is 2.68 bits per heavy atom. The van der Waals surface area contributed by atoms with Crippen molar-refractivity contribution in [2.45, 2.75) is 51.2 Å². The molecule has 0 saturated heterocycles. The molecule has 1 fully saturated rings. The summed E-state index contributed by atoms with van der Waals surface area (Å²) >= 11 is 0. The molecule has 0 spiro atoms. The number of anilines is 1. The molecule has 0 bridgehead atoms. The van der Waals surface area contributed by atoms with Crippen molar-refractivity contribution in [2.75, 3.05) is 11.9 Å². The van der Waals surface area contributed by atoms with E-state index in [9.17, 15) is 0 Å². The summed E-state index contributed by atoms with van der Waals surface area (Å²) in [6, 6.07) is 6.91. The lowest BCUT2D eigenvalue weighted by atomic mass is 9.93. The average Bonchev–Trinajstić information content (AvgIpc) is 3.00. The molecule has 0 N–H and O–H groups in total. The van der Waals surface area contributed by atoms with E-state index in [0.29, 0.717) is 12.1 Å². The molecule has 1 aliphatic carbocycles. The van der Waals surface area contributed by atoms with E-state index >= 15 is 0 Å². The third kappa shape index (κ3) is 2.18. The molecule has 22 heavy (non-hydrogen) atoms. The molecular weight excluding hydrogens is 274 g/mol. The Labute approximate surface area is 131 Å². The van der Waals surface area contributed by atoms with Crippen molar-refractivity contribution in [1.29, 1.82) is 0 Å². The predicted molar refractivity (Wildman–Crippen MR) is 88.0 cm³/mol. The van der Waals surface area contributed by atoms with Crippen LogP contribution in [-0.4, -0.2) is 29.0 Å². The fourth-order valence-electron chi connectivity index (χ4n) is 3.34. The molecule has 1 unspecified atom stereocenters. The van der Waals surface area contributed by atoms with Gasteiger partial charge in [-0.1, -0.05) is 0 Å². The van der Waals surface area contributed by atoms with Crippen LogP contribution in [0.3, 0.4) is 0 Å². The lowest BCUT2D eigenvalue weighted by Crippen LogP contribution is -2.34. The largest absolute Gasteiger partial charge is 0.488 e. The lowest BCUT2D eigenvalue weighted by Gasteiger charge is -2.36. The molecule has 2 aliphatic rings. The first-order chi connectivity index (χ1) is 10.7. The number of benzene rings is 1. The summed E-state index contributed by atoms with van der Waals surface area (Å²) in [6.45, 7) is 2.29. The Morgan fingerprint density at radius 2 is 2.00 bits per heavy atom. The maximum absolute atomic E-state index is 6.40. The van der Waals surface area contributed by atoms with Gasteiger partial charge >= 0.3 is 0 Å². The van der Waals surface area contributed by atoms with Crippen molar-refractivity contribution in [3.63, 3.8) is 0 Å². The average molecular weight is 297 g/mol. The number of hydrogen-bond acceptors (Lipinski definition) is 3. The van der Waals surface area contributed by atoms with Crippen LogP contribution in [0.1, 0.15) is 38.2 Å². The van der Waals surface area contributed by atoms with Crippen LogP contribution in [0.2, 0.25) is 0 Å². The van der Waals surface area contributed by atoms with E-state index < -0.39 is 0 Å². The molecule has 2 aromatic rings. The van der Waals surface area contributed by atoms with Gasteiger partial charge in [0.1, 0.15) is 5.69 Å². The van der Waals surface area contributed by atoms with Crippen molar-refractivity contribution in [1.82, 2.24) is 9.78 Å². The minimum absolute atomic E-state index is 0.380. The normalized spacial score (nSPS) is 21.4. The molecule has 4 rings (SSSR count). The SMILES string of the molecule is CC1CCc2c(ccc(-n3cccn3)c2OC2CCC2)N1C. The van der Waals surface area contributed by atoms with Crippen molar-refractivity contribution < 1.29 is 4.74 Å². The van der Waals surface area contributed by atoms with E-state index in [1.807, 2.05) is 23.1 Å². The number of aromatic nitrogens is 2. The number of hydrogen-bond donors (Lipinski definition) is 0. The fourth-order valence-corrected chi connectivity index (χ4v) is 3.34. The minimum Gasteiger partial charge on any atom is -0.488 e. The first-order valence-corrected chi connectivity index (χ1v) is 8.29. The van der Waals surface area contributed by atoms with E-state index in [1.165, 1.54) is 36.9 Å². The Balaban J connectivity index is 1.82. The minimum atomic E-state index is 0.380. The van der Waals surface area contributed by atoms with E-state index in [2.05, 4.69) is 36.1 Å². The van der Waals surface area contributed by atoms with Crippen LogP contribution >= 0.6 is 0 Å². The maximum atomic E-state index is 6.40. The molecule has 1 aromatic heterocycles. The molecule has 1 aromatic carbocycles. The molecule has 1 aliphatic heterocycles. The van der Waals surface area contributed by atoms with Gasteiger partial charge in [-0.25, -0.2) is 4.68 Å². The van der Waals surface area contributed by atoms with Crippen LogP contribution in [0.15, 0.2) is 30.6 Å². The zero-order valence-corrected chi connectivity index (χ0v) is 13.3. The summed E-state index contributed by atoms with van der Waals surface area (Å²) in [6.07, 6.45) is 10.1. The second-order valence-electron chi connectivity index (χ2n) is 6.53. The zero-order valence-electron chi connectivity index (χ0n) is 13.3. The molecule has 4 heteroatoms. The van der Waals surface area contributed by atoms with Crippen LogP contribution < -0.4 is 9.64 Å². The van der Waals surface area contributed by atoms with Gasteiger partial charge in [0.2, 0.25) is 0 Å². The van der Waals surface area contributed by atoms with Gasteiger partial charge in [-0.15, -0.1) is 0 Å². The summed E-state index contributed by atoms with van der Waals surface area (Å²) in [5, 5.41) is 4.40. The smallest absolute Gasteiger partial charge is 0.150 e. The summed E-state index contributed by atoms with van der Waals surface area (Å²) in [7, 11) is 2.18. The molecule has 0 amide bonds.